The van der Waals surface area contributed by atoms with Crippen molar-refractivity contribution >= 4 is 9.84 Å². The summed E-state index contributed by atoms with van der Waals surface area (Å²) < 4.78 is 43.7. The van der Waals surface area contributed by atoms with E-state index in [0.29, 0.717) is 5.56 Å². The summed E-state index contributed by atoms with van der Waals surface area (Å²) in [6.07, 6.45) is 1.10. The van der Waals surface area contributed by atoms with Gasteiger partial charge in [-0.1, -0.05) is 18.2 Å². The molecule has 8 nitrogen and oxygen atoms in total. The van der Waals surface area contributed by atoms with Gasteiger partial charge in [0.2, 0.25) is 0 Å². The van der Waals surface area contributed by atoms with Gasteiger partial charge >= 0.3 is 5.56 Å². The molecule has 0 fully saturated rings. The Morgan fingerprint density at radius 2 is 1.84 bits per heavy atom. The maximum absolute atomic E-state index is 13.7. The molecule has 0 aliphatic rings. The quantitative estimate of drug-likeness (QED) is 0.551. The van der Waals surface area contributed by atoms with Gasteiger partial charge in [-0.05, 0) is 49.7 Å². The van der Waals surface area contributed by atoms with Gasteiger partial charge < -0.3 is 14.9 Å². The van der Waals surface area contributed by atoms with E-state index in [0.717, 1.165) is 17.0 Å². The number of hydrogen-bond donors (Lipinski definition) is 2. The highest BCUT2D eigenvalue weighted by molar-refractivity contribution is 7.90. The van der Waals surface area contributed by atoms with E-state index < -0.39 is 39.5 Å². The Bertz CT molecular complexity index is 1280. The van der Waals surface area contributed by atoms with Crippen molar-refractivity contribution in [2.45, 2.75) is 30.4 Å². The average molecular weight is 462 g/mol. The second-order valence-electron chi connectivity index (χ2n) is 7.86. The predicted molar refractivity (Wildman–Crippen MR) is 116 cm³/mol. The monoisotopic (exact) mass is 462 g/mol. The van der Waals surface area contributed by atoms with Gasteiger partial charge in [-0.3, -0.25) is 4.79 Å². The standard InChI is InChI=1S/C22H23FN2O6S/c1-22(2,28)19(26)13-31-20-18(14-7-9-17(10-8-14)32(3,29)30)12-24-25(21(20)27)16-6-4-5-15(23)11-16/h4-12,19,26,28H,13H2,1-3H3/t19-/m0/s1. The largest absolute Gasteiger partial charge is 0.484 e. The first kappa shape index (κ1) is 23.6. The van der Waals surface area contributed by atoms with Crippen molar-refractivity contribution < 1.29 is 27.8 Å². The Balaban J connectivity index is 2.12. The number of ether oxygens (including phenoxy) is 1. The molecule has 0 saturated carbocycles. The topological polar surface area (TPSA) is 119 Å². The molecule has 0 bridgehead atoms. The van der Waals surface area contributed by atoms with E-state index in [9.17, 15) is 27.8 Å². The first-order chi connectivity index (χ1) is 14.9. The molecular formula is C22H23FN2O6S. The fourth-order valence-corrected chi connectivity index (χ4v) is 3.45. The van der Waals surface area contributed by atoms with Gasteiger partial charge in [-0.25, -0.2) is 12.8 Å². The average Bonchev–Trinajstić information content (AvgIpc) is 2.71. The van der Waals surface area contributed by atoms with Crippen LogP contribution < -0.4 is 10.3 Å². The van der Waals surface area contributed by atoms with Crippen LogP contribution in [0, 0.1) is 5.82 Å². The fraction of sp³-hybridized carbons (Fsp3) is 0.273. The minimum atomic E-state index is -3.41. The number of nitrogens with zero attached hydrogens (tertiary/aromatic N) is 2. The minimum Gasteiger partial charge on any atom is -0.484 e. The van der Waals surface area contributed by atoms with Gasteiger partial charge in [0.25, 0.3) is 0 Å². The zero-order chi connectivity index (χ0) is 23.7. The van der Waals surface area contributed by atoms with E-state index in [1.165, 1.54) is 62.5 Å². The van der Waals surface area contributed by atoms with Crippen LogP contribution in [0.15, 0.2) is 64.4 Å². The Morgan fingerprint density at radius 3 is 2.41 bits per heavy atom. The van der Waals surface area contributed by atoms with Crippen LogP contribution >= 0.6 is 0 Å². The molecule has 2 N–H and O–H groups in total. The second kappa shape index (κ2) is 8.81. The molecule has 0 aliphatic heterocycles. The number of halogens is 1. The van der Waals surface area contributed by atoms with E-state index in [-0.39, 0.29) is 21.9 Å². The molecule has 32 heavy (non-hydrogen) atoms. The minimum absolute atomic E-state index is 0.0993. The van der Waals surface area contributed by atoms with Crippen LogP contribution in [-0.4, -0.2) is 53.0 Å². The third-order valence-corrected chi connectivity index (χ3v) is 5.91. The summed E-state index contributed by atoms with van der Waals surface area (Å²) in [7, 11) is -3.41. The first-order valence-electron chi connectivity index (χ1n) is 9.60. The van der Waals surface area contributed by atoms with Gasteiger partial charge in [-0.2, -0.15) is 9.78 Å². The Morgan fingerprint density at radius 1 is 1.19 bits per heavy atom. The van der Waals surface area contributed by atoms with Crippen LogP contribution in [0.2, 0.25) is 0 Å². The summed E-state index contributed by atoms with van der Waals surface area (Å²) in [5, 5.41) is 24.2. The van der Waals surface area contributed by atoms with Crippen LogP contribution in [0.3, 0.4) is 0 Å². The SMILES string of the molecule is CC(C)(O)[C@@H](O)COc1c(-c2ccc(S(C)(=O)=O)cc2)cnn(-c2cccc(F)c2)c1=O. The molecule has 2 aromatic carbocycles. The molecule has 3 aromatic rings. The van der Waals surface area contributed by atoms with E-state index >= 15 is 0 Å². The highest BCUT2D eigenvalue weighted by Crippen LogP contribution is 2.28. The van der Waals surface area contributed by atoms with Crippen molar-refractivity contribution in [1.29, 1.82) is 0 Å². The normalized spacial score (nSPS) is 13.1. The lowest BCUT2D eigenvalue weighted by Crippen LogP contribution is -2.40. The molecule has 170 valence electrons. The highest BCUT2D eigenvalue weighted by atomic mass is 32.2. The summed E-state index contributed by atoms with van der Waals surface area (Å²) in [6.45, 7) is 2.38. The fourth-order valence-electron chi connectivity index (χ4n) is 2.82. The van der Waals surface area contributed by atoms with E-state index in [1.54, 1.807) is 0 Å². The van der Waals surface area contributed by atoms with Crippen LogP contribution in [-0.2, 0) is 9.84 Å². The molecule has 0 saturated heterocycles. The summed E-state index contributed by atoms with van der Waals surface area (Å²) >= 11 is 0. The number of hydrogen-bond acceptors (Lipinski definition) is 7. The van der Waals surface area contributed by atoms with Gasteiger partial charge in [0.05, 0.1) is 22.4 Å². The maximum atomic E-state index is 13.7. The van der Waals surface area contributed by atoms with Crippen LogP contribution in [0.4, 0.5) is 4.39 Å². The lowest BCUT2D eigenvalue weighted by Gasteiger charge is -2.24. The zero-order valence-electron chi connectivity index (χ0n) is 17.7. The molecule has 0 aliphatic carbocycles. The molecule has 0 radical (unpaired) electrons. The van der Waals surface area contributed by atoms with E-state index in [2.05, 4.69) is 5.10 Å². The number of sulfone groups is 1. The summed E-state index contributed by atoms with van der Waals surface area (Å²) in [6, 6.07) is 11.0. The molecule has 0 spiro atoms. The van der Waals surface area contributed by atoms with Crippen molar-refractivity contribution in [1.82, 2.24) is 9.78 Å². The zero-order valence-corrected chi connectivity index (χ0v) is 18.5. The molecule has 1 heterocycles. The molecule has 1 aromatic heterocycles. The number of aliphatic hydroxyl groups is 2. The number of benzene rings is 2. The Hall–Kier alpha value is -3.08. The van der Waals surface area contributed by atoms with E-state index in [4.69, 9.17) is 4.74 Å². The first-order valence-corrected chi connectivity index (χ1v) is 11.5. The third-order valence-electron chi connectivity index (χ3n) is 4.78. The smallest absolute Gasteiger partial charge is 0.314 e. The molecule has 1 atom stereocenters. The summed E-state index contributed by atoms with van der Waals surface area (Å²) in [4.78, 5) is 13.3. The molecule has 0 unspecified atom stereocenters. The molecule has 10 heteroatoms. The lowest BCUT2D eigenvalue weighted by molar-refractivity contribution is -0.0663. The third kappa shape index (κ3) is 5.21. The summed E-state index contributed by atoms with van der Waals surface area (Å²) in [5.41, 5.74) is -1.34. The van der Waals surface area contributed by atoms with E-state index in [1.807, 2.05) is 0 Å². The number of aliphatic hydroxyl groups excluding tert-OH is 1. The molecule has 0 amide bonds. The summed E-state index contributed by atoms with van der Waals surface area (Å²) in [5.74, 6) is -0.753. The van der Waals surface area contributed by atoms with Gasteiger partial charge in [0, 0.05) is 11.8 Å². The molecular weight excluding hydrogens is 439 g/mol. The Kier molecular flexibility index (Phi) is 6.49. The van der Waals surface area contributed by atoms with Gasteiger partial charge in [-0.15, -0.1) is 0 Å². The van der Waals surface area contributed by atoms with Crippen molar-refractivity contribution in [2.75, 3.05) is 12.9 Å². The highest BCUT2D eigenvalue weighted by Gasteiger charge is 2.26. The predicted octanol–water partition coefficient (Wildman–Crippen LogP) is 1.95. The van der Waals surface area contributed by atoms with Crippen LogP contribution in [0.1, 0.15) is 13.8 Å². The second-order valence-corrected chi connectivity index (χ2v) is 9.88. The lowest BCUT2D eigenvalue weighted by atomic mass is 10.0. The van der Waals surface area contributed by atoms with Crippen LogP contribution in [0.5, 0.6) is 5.75 Å². The van der Waals surface area contributed by atoms with Gasteiger partial charge in [0.1, 0.15) is 18.5 Å². The van der Waals surface area contributed by atoms with Crippen molar-refractivity contribution in [3.05, 3.63) is 70.9 Å². The van der Waals surface area contributed by atoms with Crippen molar-refractivity contribution in [3.8, 4) is 22.6 Å². The maximum Gasteiger partial charge on any atom is 0.314 e. The van der Waals surface area contributed by atoms with Crippen molar-refractivity contribution in [3.63, 3.8) is 0 Å². The number of rotatable bonds is 7. The number of aromatic nitrogens is 2. The Labute approximate surface area is 184 Å². The van der Waals surface area contributed by atoms with Crippen LogP contribution in [0.25, 0.3) is 16.8 Å². The van der Waals surface area contributed by atoms with Gasteiger partial charge in [0.15, 0.2) is 15.6 Å². The molecule has 3 rings (SSSR count). The van der Waals surface area contributed by atoms with Crippen molar-refractivity contribution in [2.24, 2.45) is 0 Å².